The number of nitriles is 1. The SMILES string of the molecule is Cc1ncsc1-c1ccc(CN=C(NC#N)[C@@H]2C[C@@H](O)CN2C(=O)[C@H](C(C)C)N2Cc3cc(O[C@@H]4C[C@@H](C(=O)NCc5ccc(C6CCCCC6)cc5)N(C(=O)[C@H](C(C)C)N5Cc6ccccc6C5O)C4)ccc3C2=O)cc1. The van der Waals surface area contributed by atoms with E-state index in [1.165, 1.54) is 37.7 Å². The molecule has 4 aliphatic heterocycles. The zero-order chi connectivity index (χ0) is 54.8. The van der Waals surface area contributed by atoms with Crippen molar-refractivity contribution in [1.29, 1.82) is 5.26 Å². The molecule has 5 heterocycles. The van der Waals surface area contributed by atoms with Crippen molar-refractivity contribution in [2.75, 3.05) is 13.1 Å². The van der Waals surface area contributed by atoms with Crippen LogP contribution in [0.15, 0.2) is 101 Å². The van der Waals surface area contributed by atoms with Gasteiger partial charge in [-0.05, 0) is 94.7 Å². The molecule has 408 valence electrons. The summed E-state index contributed by atoms with van der Waals surface area (Å²) in [5, 5.41) is 38.3. The number of carbonyl (C=O) groups excluding carboxylic acids is 4. The highest BCUT2D eigenvalue weighted by molar-refractivity contribution is 7.13. The van der Waals surface area contributed by atoms with E-state index in [4.69, 9.17) is 9.73 Å². The highest BCUT2D eigenvalue weighted by atomic mass is 32.1. The molecule has 2 saturated heterocycles. The summed E-state index contributed by atoms with van der Waals surface area (Å²) in [6.07, 6.45) is 6.09. The molecule has 0 bridgehead atoms. The number of fused-ring (bicyclic) bond motifs is 2. The lowest BCUT2D eigenvalue weighted by Gasteiger charge is -2.36. The third-order valence-electron chi connectivity index (χ3n) is 16.5. The van der Waals surface area contributed by atoms with Crippen LogP contribution >= 0.6 is 11.3 Å². The molecular weight excluding hydrogens is 1000 g/mol. The Morgan fingerprint density at radius 3 is 2.23 bits per heavy atom. The smallest absolute Gasteiger partial charge is 0.255 e. The number of thiazole rings is 1. The van der Waals surface area contributed by atoms with Crippen LogP contribution in [0.4, 0.5) is 0 Å². The van der Waals surface area contributed by atoms with Gasteiger partial charge in [0, 0.05) is 44.6 Å². The van der Waals surface area contributed by atoms with E-state index < -0.39 is 42.6 Å². The lowest BCUT2D eigenvalue weighted by Crippen LogP contribution is -2.55. The fourth-order valence-electron chi connectivity index (χ4n) is 12.5. The maximum Gasteiger partial charge on any atom is 0.255 e. The Hall–Kier alpha value is -6.97. The number of aryl methyl sites for hydroxylation is 1. The maximum absolute atomic E-state index is 15.0. The second-order valence-electron chi connectivity index (χ2n) is 22.4. The average molecular weight is 1070 g/mol. The first kappa shape index (κ1) is 54.4. The molecule has 0 spiro atoms. The number of hydrogen-bond acceptors (Lipinski definition) is 12. The van der Waals surface area contributed by atoms with Crippen molar-refractivity contribution >= 4 is 40.8 Å². The highest BCUT2D eigenvalue weighted by Crippen LogP contribution is 2.39. The third-order valence-corrected chi connectivity index (χ3v) is 17.5. The summed E-state index contributed by atoms with van der Waals surface area (Å²) in [5.41, 5.74) is 9.83. The molecule has 1 aromatic heterocycles. The van der Waals surface area contributed by atoms with E-state index in [9.17, 15) is 29.9 Å². The number of nitrogens with one attached hydrogen (secondary N) is 2. The minimum absolute atomic E-state index is 0.00624. The van der Waals surface area contributed by atoms with Crippen LogP contribution in [-0.2, 0) is 40.6 Å². The summed E-state index contributed by atoms with van der Waals surface area (Å²) in [7, 11) is 0. The Labute approximate surface area is 461 Å². The number of aliphatic hydroxyl groups excluding tert-OH is 2. The fourth-order valence-corrected chi connectivity index (χ4v) is 13.3. The summed E-state index contributed by atoms with van der Waals surface area (Å²) in [4.78, 5) is 75.4. The van der Waals surface area contributed by atoms with Crippen LogP contribution in [0, 0.1) is 30.2 Å². The molecule has 16 nitrogen and oxygen atoms in total. The van der Waals surface area contributed by atoms with Crippen LogP contribution in [0.3, 0.4) is 0 Å². The van der Waals surface area contributed by atoms with Crippen LogP contribution in [0.1, 0.15) is 134 Å². The summed E-state index contributed by atoms with van der Waals surface area (Å²) in [6, 6.07) is 26.1. The molecule has 1 unspecified atom stereocenters. The third kappa shape index (κ3) is 11.3. The summed E-state index contributed by atoms with van der Waals surface area (Å²) < 4.78 is 6.68. The van der Waals surface area contributed by atoms with Gasteiger partial charge >= 0.3 is 0 Å². The van der Waals surface area contributed by atoms with Gasteiger partial charge in [0.25, 0.3) is 5.91 Å². The number of β-amino-alcohol motifs (C(OH)–C–C–N with tert-alkyl or cyclic N) is 1. The lowest BCUT2D eigenvalue weighted by atomic mass is 9.84. The van der Waals surface area contributed by atoms with Gasteiger partial charge in [0.05, 0.1) is 47.4 Å². The first-order valence-corrected chi connectivity index (χ1v) is 28.5. The van der Waals surface area contributed by atoms with Crippen molar-refractivity contribution in [3.05, 3.63) is 141 Å². The quantitative estimate of drug-likeness (QED) is 0.0323. The standard InChI is InChI=1S/C61H71N9O7S/c1-36(2)53(60(75)67-32-46(71)26-51(67)56(65-34-62)63-28-39-17-21-43(22-18-39)55-38(5)66-35-78-55)70-31-45-25-47(23-24-50(45)59(70)74)77-48-27-52(57(72)64-29-40-15-19-42(20-16-40)41-11-7-6-8-12-41)68(33-48)61(76)54(37(3)4)69-30-44-13-9-10-14-49(44)58(69)73/h9-10,13-25,35-37,41,46,48,51-54,58,71,73H,6-8,11-12,26-33H2,1-5H3,(H,63,65)(H,64,72)/t46-,48-,51+,52+,53+,54+,58?/m1/s1. The highest BCUT2D eigenvalue weighted by Gasteiger charge is 2.48. The van der Waals surface area contributed by atoms with Crippen molar-refractivity contribution in [3.63, 3.8) is 0 Å². The number of rotatable bonds is 16. The zero-order valence-electron chi connectivity index (χ0n) is 45.2. The molecule has 4 aromatic carbocycles. The van der Waals surface area contributed by atoms with Gasteiger partial charge in [-0.15, -0.1) is 11.3 Å². The first-order chi connectivity index (χ1) is 37.7. The van der Waals surface area contributed by atoms with Gasteiger partial charge in [-0.1, -0.05) is 120 Å². The molecule has 4 N–H and O–H groups in total. The van der Waals surface area contributed by atoms with E-state index in [-0.39, 0.29) is 80.3 Å². The Morgan fingerprint density at radius 2 is 1.54 bits per heavy atom. The van der Waals surface area contributed by atoms with Crippen LogP contribution in [-0.4, -0.2) is 114 Å². The van der Waals surface area contributed by atoms with E-state index in [0.717, 1.165) is 38.4 Å². The molecule has 17 heteroatoms. The number of nitrogens with zero attached hydrogens (tertiary/aromatic N) is 7. The first-order valence-electron chi connectivity index (χ1n) is 27.6. The van der Waals surface area contributed by atoms with Crippen LogP contribution in [0.5, 0.6) is 5.75 Å². The molecule has 3 fully saturated rings. The number of likely N-dealkylation sites (tertiary alicyclic amines) is 2. The molecular formula is C61H71N9O7S. The van der Waals surface area contributed by atoms with Crippen LogP contribution < -0.4 is 15.4 Å². The number of ether oxygens (including phenoxy) is 1. The van der Waals surface area contributed by atoms with Crippen molar-refractivity contribution in [3.8, 4) is 22.4 Å². The van der Waals surface area contributed by atoms with Gasteiger partial charge in [0.2, 0.25) is 17.7 Å². The summed E-state index contributed by atoms with van der Waals surface area (Å²) in [6.45, 7) is 10.8. The van der Waals surface area contributed by atoms with Crippen molar-refractivity contribution < 1.29 is 34.1 Å². The number of carbonyl (C=O) groups is 4. The predicted octanol–water partition coefficient (Wildman–Crippen LogP) is 7.97. The monoisotopic (exact) mass is 1070 g/mol. The van der Waals surface area contributed by atoms with Crippen molar-refractivity contribution in [1.82, 2.24) is 35.2 Å². The van der Waals surface area contributed by atoms with Gasteiger partial charge in [-0.2, -0.15) is 5.26 Å². The number of aliphatic imine (C=N–C) groups is 1. The van der Waals surface area contributed by atoms with Gasteiger partial charge in [0.15, 0.2) is 6.19 Å². The van der Waals surface area contributed by atoms with E-state index in [1.807, 2.05) is 99.8 Å². The number of hydrogen-bond donors (Lipinski definition) is 4. The molecule has 10 rings (SSSR count). The van der Waals surface area contributed by atoms with Crippen molar-refractivity contribution in [2.45, 2.75) is 154 Å². The minimum Gasteiger partial charge on any atom is -0.488 e. The number of aliphatic hydroxyl groups is 2. The van der Waals surface area contributed by atoms with E-state index in [2.05, 4.69) is 39.9 Å². The predicted molar refractivity (Wildman–Crippen MR) is 297 cm³/mol. The van der Waals surface area contributed by atoms with Crippen LogP contribution in [0.25, 0.3) is 10.4 Å². The summed E-state index contributed by atoms with van der Waals surface area (Å²) >= 11 is 1.57. The molecule has 1 saturated carbocycles. The van der Waals surface area contributed by atoms with Gasteiger partial charge in [0.1, 0.15) is 36.0 Å². The van der Waals surface area contributed by atoms with E-state index >= 15 is 4.79 Å². The van der Waals surface area contributed by atoms with E-state index in [0.29, 0.717) is 35.9 Å². The number of amides is 4. The van der Waals surface area contributed by atoms with Gasteiger partial charge < -0.3 is 35.0 Å². The molecule has 4 amide bonds. The second kappa shape index (κ2) is 23.6. The van der Waals surface area contributed by atoms with Gasteiger partial charge in [-0.25, -0.2) is 4.98 Å². The zero-order valence-corrected chi connectivity index (χ0v) is 46.0. The molecule has 7 atom stereocenters. The average Bonchev–Trinajstić information content (AvgIpc) is 4.38. The summed E-state index contributed by atoms with van der Waals surface area (Å²) in [5.74, 6) is -0.474. The molecule has 1 aliphatic carbocycles. The molecule has 0 radical (unpaired) electrons. The maximum atomic E-state index is 15.0. The Kier molecular flexibility index (Phi) is 16.4. The topological polar surface area (TPSA) is 204 Å². The number of benzene rings is 4. The largest absolute Gasteiger partial charge is 0.488 e. The second-order valence-corrected chi connectivity index (χ2v) is 23.3. The Morgan fingerprint density at radius 1 is 0.833 bits per heavy atom. The normalized spacial score (nSPS) is 22.4. The Bertz CT molecular complexity index is 3070. The van der Waals surface area contributed by atoms with Crippen molar-refractivity contribution in [2.24, 2.45) is 16.8 Å². The lowest BCUT2D eigenvalue weighted by molar-refractivity contribution is -0.149. The van der Waals surface area contributed by atoms with Crippen LogP contribution in [0.2, 0.25) is 0 Å². The number of aromatic nitrogens is 1. The Balaban J connectivity index is 0.842. The van der Waals surface area contributed by atoms with Gasteiger partial charge in [-0.3, -0.25) is 34.4 Å². The number of amidine groups is 1. The molecule has 5 aliphatic rings. The fraction of sp³-hybridized carbons (Fsp3) is 0.459. The van der Waals surface area contributed by atoms with E-state index in [1.54, 1.807) is 44.2 Å². The molecule has 78 heavy (non-hydrogen) atoms. The molecule has 5 aromatic rings. The minimum atomic E-state index is -0.982.